The lowest BCUT2D eigenvalue weighted by Crippen LogP contribution is -2.35. The highest BCUT2D eigenvalue weighted by Gasteiger charge is 2.13. The minimum absolute atomic E-state index is 0.152. The van der Waals surface area contributed by atoms with Crippen molar-refractivity contribution in [1.82, 2.24) is 0 Å². The van der Waals surface area contributed by atoms with Crippen molar-refractivity contribution in [2.75, 3.05) is 31.2 Å². The minimum Gasteiger partial charge on any atom is -0.367 e. The number of aryl methyl sites for hydroxylation is 1. The molecule has 3 nitrogen and oxygen atoms in total. The monoisotopic (exact) mass is 251 g/mol. The van der Waals surface area contributed by atoms with Gasteiger partial charge in [-0.3, -0.25) is 0 Å². The summed E-state index contributed by atoms with van der Waals surface area (Å²) >= 11 is 0. The molecule has 0 atom stereocenters. The summed E-state index contributed by atoms with van der Waals surface area (Å²) in [5.41, 5.74) is 2.49. The van der Waals surface area contributed by atoms with Crippen LogP contribution < -0.4 is 4.90 Å². The van der Waals surface area contributed by atoms with Crippen molar-refractivity contribution < 1.29 is 9.47 Å². The predicted molar refractivity (Wildman–Crippen MR) is 76.1 cm³/mol. The Labute approximate surface area is 111 Å². The molecule has 0 spiro atoms. The molecule has 0 unspecified atom stereocenters. The Hall–Kier alpha value is -1.06. The van der Waals surface area contributed by atoms with Crippen LogP contribution >= 0.6 is 0 Å². The molecule has 0 fully saturated rings. The van der Waals surface area contributed by atoms with Crippen molar-refractivity contribution in [3.8, 4) is 0 Å². The molecule has 0 heterocycles. The number of hydrogen-bond donors (Lipinski definition) is 0. The topological polar surface area (TPSA) is 21.7 Å². The standard InChI is InChI=1S/C15H25NO2/c1-5-16(12-15(17-6-2)18-7-3)14-10-8-13(4)9-11-14/h8-11,15H,5-7,12H2,1-4H3. The second-order valence-electron chi connectivity index (χ2n) is 4.21. The third kappa shape index (κ3) is 4.67. The van der Waals surface area contributed by atoms with Gasteiger partial charge in [0.2, 0.25) is 0 Å². The summed E-state index contributed by atoms with van der Waals surface area (Å²) in [5.74, 6) is 0. The van der Waals surface area contributed by atoms with Crippen LogP contribution in [-0.2, 0) is 9.47 Å². The van der Waals surface area contributed by atoms with Gasteiger partial charge in [-0.1, -0.05) is 17.7 Å². The molecule has 0 aliphatic carbocycles. The maximum absolute atomic E-state index is 5.60. The first-order valence-electron chi connectivity index (χ1n) is 6.76. The molecular formula is C15H25NO2. The first kappa shape index (κ1) is 15.0. The van der Waals surface area contributed by atoms with E-state index in [2.05, 4.69) is 43.0 Å². The summed E-state index contributed by atoms with van der Waals surface area (Å²) in [5, 5.41) is 0. The number of nitrogens with zero attached hydrogens (tertiary/aromatic N) is 1. The van der Waals surface area contributed by atoms with Gasteiger partial charge < -0.3 is 14.4 Å². The Balaban J connectivity index is 2.67. The van der Waals surface area contributed by atoms with Crippen molar-refractivity contribution in [2.45, 2.75) is 34.0 Å². The van der Waals surface area contributed by atoms with Crippen molar-refractivity contribution in [3.63, 3.8) is 0 Å². The van der Waals surface area contributed by atoms with E-state index < -0.39 is 0 Å². The lowest BCUT2D eigenvalue weighted by molar-refractivity contribution is -0.129. The zero-order valence-electron chi connectivity index (χ0n) is 12.0. The number of hydrogen-bond acceptors (Lipinski definition) is 3. The summed E-state index contributed by atoms with van der Waals surface area (Å²) < 4.78 is 11.2. The molecule has 0 saturated carbocycles. The lowest BCUT2D eigenvalue weighted by Gasteiger charge is -2.28. The van der Waals surface area contributed by atoms with Gasteiger partial charge in [-0.2, -0.15) is 0 Å². The van der Waals surface area contributed by atoms with Gasteiger partial charge in [0, 0.05) is 25.4 Å². The third-order valence-corrected chi connectivity index (χ3v) is 2.86. The van der Waals surface area contributed by atoms with E-state index in [9.17, 15) is 0 Å². The SMILES string of the molecule is CCOC(CN(CC)c1ccc(C)cc1)OCC. The Bertz CT molecular complexity index is 318. The molecule has 0 bridgehead atoms. The highest BCUT2D eigenvalue weighted by Crippen LogP contribution is 2.16. The molecule has 0 aliphatic heterocycles. The zero-order chi connectivity index (χ0) is 13.4. The second-order valence-corrected chi connectivity index (χ2v) is 4.21. The molecule has 0 aliphatic rings. The van der Waals surface area contributed by atoms with Crippen LogP contribution in [0.2, 0.25) is 0 Å². The van der Waals surface area contributed by atoms with E-state index >= 15 is 0 Å². The molecule has 102 valence electrons. The summed E-state index contributed by atoms with van der Waals surface area (Å²) in [6, 6.07) is 8.56. The average molecular weight is 251 g/mol. The number of ether oxygens (including phenoxy) is 2. The summed E-state index contributed by atoms with van der Waals surface area (Å²) in [6.07, 6.45) is -0.152. The van der Waals surface area contributed by atoms with Gasteiger partial charge in [-0.05, 0) is 39.8 Å². The molecule has 1 rings (SSSR count). The molecule has 18 heavy (non-hydrogen) atoms. The third-order valence-electron chi connectivity index (χ3n) is 2.86. The van der Waals surface area contributed by atoms with Gasteiger partial charge in [0.1, 0.15) is 0 Å². The van der Waals surface area contributed by atoms with Crippen LogP contribution in [0.3, 0.4) is 0 Å². The summed E-state index contributed by atoms with van der Waals surface area (Å²) in [7, 11) is 0. The van der Waals surface area contributed by atoms with E-state index in [0.29, 0.717) is 13.2 Å². The Kier molecular flexibility index (Phi) is 6.76. The van der Waals surface area contributed by atoms with E-state index in [1.165, 1.54) is 11.3 Å². The van der Waals surface area contributed by atoms with Crippen LogP contribution in [0, 0.1) is 6.92 Å². The van der Waals surface area contributed by atoms with Crippen LogP contribution in [0.15, 0.2) is 24.3 Å². The number of anilines is 1. The molecular weight excluding hydrogens is 226 g/mol. The molecule has 0 amide bonds. The number of likely N-dealkylation sites (N-methyl/N-ethyl adjacent to an activating group) is 1. The van der Waals surface area contributed by atoms with Gasteiger partial charge in [0.05, 0.1) is 6.54 Å². The first-order chi connectivity index (χ1) is 8.71. The van der Waals surface area contributed by atoms with Crippen LogP contribution in [-0.4, -0.2) is 32.6 Å². The molecule has 0 saturated heterocycles. The van der Waals surface area contributed by atoms with Crippen molar-refractivity contribution in [3.05, 3.63) is 29.8 Å². The summed E-state index contributed by atoms with van der Waals surface area (Å²) in [4.78, 5) is 2.27. The fourth-order valence-electron chi connectivity index (χ4n) is 1.88. The van der Waals surface area contributed by atoms with E-state index in [1.807, 2.05) is 13.8 Å². The maximum atomic E-state index is 5.60. The molecule has 1 aromatic rings. The average Bonchev–Trinajstić information content (AvgIpc) is 2.37. The van der Waals surface area contributed by atoms with E-state index in [0.717, 1.165) is 13.1 Å². The number of rotatable bonds is 8. The highest BCUT2D eigenvalue weighted by atomic mass is 16.7. The van der Waals surface area contributed by atoms with Crippen molar-refractivity contribution in [1.29, 1.82) is 0 Å². The van der Waals surface area contributed by atoms with E-state index in [-0.39, 0.29) is 6.29 Å². The van der Waals surface area contributed by atoms with Gasteiger partial charge >= 0.3 is 0 Å². The fourth-order valence-corrected chi connectivity index (χ4v) is 1.88. The van der Waals surface area contributed by atoms with Crippen molar-refractivity contribution >= 4 is 5.69 Å². The smallest absolute Gasteiger partial charge is 0.174 e. The minimum atomic E-state index is -0.152. The predicted octanol–water partition coefficient (Wildman–Crippen LogP) is 3.22. The molecule has 0 radical (unpaired) electrons. The van der Waals surface area contributed by atoms with Gasteiger partial charge in [-0.25, -0.2) is 0 Å². The molecule has 0 aromatic heterocycles. The van der Waals surface area contributed by atoms with Crippen molar-refractivity contribution in [2.24, 2.45) is 0 Å². The van der Waals surface area contributed by atoms with E-state index in [4.69, 9.17) is 9.47 Å². The van der Waals surface area contributed by atoms with E-state index in [1.54, 1.807) is 0 Å². The van der Waals surface area contributed by atoms with Crippen LogP contribution in [0.25, 0.3) is 0 Å². The van der Waals surface area contributed by atoms with Crippen LogP contribution in [0.5, 0.6) is 0 Å². The normalized spacial score (nSPS) is 10.9. The van der Waals surface area contributed by atoms with Crippen LogP contribution in [0.4, 0.5) is 5.69 Å². The van der Waals surface area contributed by atoms with Gasteiger partial charge in [0.25, 0.3) is 0 Å². The molecule has 0 N–H and O–H groups in total. The highest BCUT2D eigenvalue weighted by molar-refractivity contribution is 5.47. The van der Waals surface area contributed by atoms with Gasteiger partial charge in [-0.15, -0.1) is 0 Å². The fraction of sp³-hybridized carbons (Fsp3) is 0.600. The molecule has 3 heteroatoms. The lowest BCUT2D eigenvalue weighted by atomic mass is 10.2. The quantitative estimate of drug-likeness (QED) is 0.662. The Morgan fingerprint density at radius 3 is 2.00 bits per heavy atom. The summed E-state index contributed by atoms with van der Waals surface area (Å²) in [6.45, 7) is 11.3. The second kappa shape index (κ2) is 8.11. The number of benzene rings is 1. The van der Waals surface area contributed by atoms with Crippen LogP contribution in [0.1, 0.15) is 26.3 Å². The van der Waals surface area contributed by atoms with Gasteiger partial charge in [0.15, 0.2) is 6.29 Å². The largest absolute Gasteiger partial charge is 0.367 e. The zero-order valence-corrected chi connectivity index (χ0v) is 12.0. The Morgan fingerprint density at radius 1 is 1.00 bits per heavy atom. The first-order valence-corrected chi connectivity index (χ1v) is 6.76. The maximum Gasteiger partial charge on any atom is 0.174 e. The molecule has 1 aromatic carbocycles. The Morgan fingerprint density at radius 2 is 1.56 bits per heavy atom.